The van der Waals surface area contributed by atoms with E-state index in [9.17, 15) is 14.4 Å². The Hall–Kier alpha value is -2.32. The van der Waals surface area contributed by atoms with E-state index in [4.69, 9.17) is 11.6 Å². The van der Waals surface area contributed by atoms with E-state index < -0.39 is 11.8 Å². The molecule has 1 aromatic heterocycles. The van der Waals surface area contributed by atoms with Gasteiger partial charge >= 0.3 is 0 Å². The molecule has 9 heteroatoms. The number of hydrazine groups is 1. The van der Waals surface area contributed by atoms with Gasteiger partial charge in [-0.2, -0.15) is 0 Å². The van der Waals surface area contributed by atoms with Crippen LogP contribution in [0, 0.1) is 0 Å². The molecule has 0 saturated heterocycles. The van der Waals surface area contributed by atoms with Gasteiger partial charge in [-0.3, -0.25) is 25.2 Å². The third-order valence-electron chi connectivity index (χ3n) is 2.95. The molecular weight excluding hydrogens is 400 g/mol. The maximum absolute atomic E-state index is 11.8. The molecule has 0 fully saturated rings. The van der Waals surface area contributed by atoms with E-state index in [0.717, 1.165) is 4.47 Å². The quantitative estimate of drug-likeness (QED) is 0.564. The molecule has 1 aromatic carbocycles. The van der Waals surface area contributed by atoms with Gasteiger partial charge in [-0.1, -0.05) is 11.6 Å². The Bertz CT molecular complexity index is 745. The summed E-state index contributed by atoms with van der Waals surface area (Å²) in [7, 11) is 0. The molecule has 2 aromatic rings. The van der Waals surface area contributed by atoms with Crippen LogP contribution in [0.3, 0.4) is 0 Å². The lowest BCUT2D eigenvalue weighted by atomic mass is 10.2. The first-order chi connectivity index (χ1) is 11.5. The number of rotatable bonds is 5. The number of hydrogen-bond donors (Lipinski definition) is 4. The SMILES string of the molecule is O=C(CCNC(=O)c1ccc(Cl)cc1)NNC(=O)c1cc(Br)c[nH]1. The Morgan fingerprint density at radius 2 is 1.79 bits per heavy atom. The lowest BCUT2D eigenvalue weighted by Gasteiger charge is -2.07. The second-order valence-electron chi connectivity index (χ2n) is 4.75. The van der Waals surface area contributed by atoms with Crippen LogP contribution in [-0.4, -0.2) is 29.3 Å². The first-order valence-electron chi connectivity index (χ1n) is 6.92. The van der Waals surface area contributed by atoms with Crippen LogP contribution in [-0.2, 0) is 4.79 Å². The number of aromatic amines is 1. The molecule has 0 unspecified atom stereocenters. The Labute approximate surface area is 151 Å². The summed E-state index contributed by atoms with van der Waals surface area (Å²) in [6.07, 6.45) is 1.62. The van der Waals surface area contributed by atoms with Crippen molar-refractivity contribution in [3.8, 4) is 0 Å². The summed E-state index contributed by atoms with van der Waals surface area (Å²) in [5, 5.41) is 3.14. The molecular formula is C15H14BrClN4O3. The third-order valence-corrected chi connectivity index (χ3v) is 3.66. The summed E-state index contributed by atoms with van der Waals surface area (Å²) in [6, 6.07) is 7.97. The molecule has 24 heavy (non-hydrogen) atoms. The largest absolute Gasteiger partial charge is 0.356 e. The number of carbonyl (C=O) groups excluding carboxylic acids is 3. The van der Waals surface area contributed by atoms with Crippen molar-refractivity contribution in [3.05, 3.63) is 57.3 Å². The first kappa shape index (κ1) is 18.0. The molecule has 0 spiro atoms. The number of nitrogens with one attached hydrogen (secondary N) is 4. The summed E-state index contributed by atoms with van der Waals surface area (Å²) in [4.78, 5) is 37.9. The fourth-order valence-electron chi connectivity index (χ4n) is 1.75. The van der Waals surface area contributed by atoms with Gasteiger partial charge in [-0.05, 0) is 46.3 Å². The summed E-state index contributed by atoms with van der Waals surface area (Å²) < 4.78 is 0.726. The number of amides is 3. The maximum Gasteiger partial charge on any atom is 0.286 e. The van der Waals surface area contributed by atoms with E-state index in [1.54, 1.807) is 36.5 Å². The molecule has 0 aliphatic heterocycles. The molecule has 3 amide bonds. The molecule has 4 N–H and O–H groups in total. The Kier molecular flexibility index (Phi) is 6.39. The van der Waals surface area contributed by atoms with Gasteiger partial charge in [-0.25, -0.2) is 0 Å². The molecule has 2 rings (SSSR count). The molecule has 1 heterocycles. The number of hydrogen-bond acceptors (Lipinski definition) is 3. The lowest BCUT2D eigenvalue weighted by Crippen LogP contribution is -2.42. The predicted octanol–water partition coefficient (Wildman–Crippen LogP) is 2.01. The van der Waals surface area contributed by atoms with Crippen molar-refractivity contribution in [2.24, 2.45) is 0 Å². The van der Waals surface area contributed by atoms with Crippen LogP contribution in [0.4, 0.5) is 0 Å². The highest BCUT2D eigenvalue weighted by atomic mass is 79.9. The molecule has 0 aliphatic carbocycles. The van der Waals surface area contributed by atoms with Crippen LogP contribution in [0.25, 0.3) is 0 Å². The highest BCUT2D eigenvalue weighted by molar-refractivity contribution is 9.10. The minimum Gasteiger partial charge on any atom is -0.356 e. The summed E-state index contributed by atoms with van der Waals surface area (Å²) in [5.74, 6) is -1.20. The minimum absolute atomic E-state index is 0.0219. The van der Waals surface area contributed by atoms with Crippen LogP contribution in [0.15, 0.2) is 41.0 Å². The van der Waals surface area contributed by atoms with Crippen molar-refractivity contribution in [1.82, 2.24) is 21.2 Å². The van der Waals surface area contributed by atoms with Crippen LogP contribution in [0.5, 0.6) is 0 Å². The highest BCUT2D eigenvalue weighted by Crippen LogP contribution is 2.10. The number of halogens is 2. The second kappa shape index (κ2) is 8.51. The van der Waals surface area contributed by atoms with Gasteiger partial charge in [-0.15, -0.1) is 0 Å². The van der Waals surface area contributed by atoms with Crippen LogP contribution in [0.1, 0.15) is 27.3 Å². The van der Waals surface area contributed by atoms with Gasteiger partial charge in [0, 0.05) is 34.2 Å². The monoisotopic (exact) mass is 412 g/mol. The zero-order valence-electron chi connectivity index (χ0n) is 12.4. The van der Waals surface area contributed by atoms with Gasteiger partial charge < -0.3 is 10.3 Å². The van der Waals surface area contributed by atoms with E-state index in [0.29, 0.717) is 16.3 Å². The molecule has 0 aliphatic rings. The van der Waals surface area contributed by atoms with Gasteiger partial charge in [0.1, 0.15) is 5.69 Å². The summed E-state index contributed by atoms with van der Waals surface area (Å²) in [6.45, 7) is 0.136. The maximum atomic E-state index is 11.8. The van der Waals surface area contributed by atoms with Gasteiger partial charge in [0.25, 0.3) is 11.8 Å². The Morgan fingerprint density at radius 1 is 1.08 bits per heavy atom. The standard InChI is InChI=1S/C15H14BrClN4O3/c16-10-7-12(19-8-10)15(24)21-20-13(22)5-6-18-14(23)9-1-3-11(17)4-2-9/h1-4,7-8,19H,5-6H2,(H,18,23)(H,20,22)(H,21,24). The third kappa shape index (κ3) is 5.39. The Morgan fingerprint density at radius 3 is 2.42 bits per heavy atom. The average Bonchev–Trinajstić information content (AvgIpc) is 2.99. The smallest absolute Gasteiger partial charge is 0.286 e. The van der Waals surface area contributed by atoms with Gasteiger partial charge in [0.15, 0.2) is 0 Å². The fraction of sp³-hybridized carbons (Fsp3) is 0.133. The van der Waals surface area contributed by atoms with Crippen LogP contribution >= 0.6 is 27.5 Å². The van der Waals surface area contributed by atoms with Crippen molar-refractivity contribution in [2.45, 2.75) is 6.42 Å². The average molecular weight is 414 g/mol. The number of benzene rings is 1. The van der Waals surface area contributed by atoms with Crippen LogP contribution < -0.4 is 16.2 Å². The van der Waals surface area contributed by atoms with Crippen molar-refractivity contribution < 1.29 is 14.4 Å². The first-order valence-corrected chi connectivity index (χ1v) is 8.09. The molecule has 7 nitrogen and oxygen atoms in total. The molecule has 126 valence electrons. The van der Waals surface area contributed by atoms with Crippen molar-refractivity contribution in [1.29, 1.82) is 0 Å². The van der Waals surface area contributed by atoms with Gasteiger partial charge in [0.05, 0.1) is 0 Å². The molecule has 0 saturated carbocycles. The van der Waals surface area contributed by atoms with E-state index in [1.807, 2.05) is 0 Å². The molecule has 0 radical (unpaired) electrons. The summed E-state index contributed by atoms with van der Waals surface area (Å²) >= 11 is 8.95. The molecule has 0 bridgehead atoms. The van der Waals surface area contributed by atoms with E-state index in [-0.39, 0.29) is 18.9 Å². The van der Waals surface area contributed by atoms with E-state index in [1.165, 1.54) is 0 Å². The topological polar surface area (TPSA) is 103 Å². The Balaban J connectivity index is 1.68. The second-order valence-corrected chi connectivity index (χ2v) is 6.10. The lowest BCUT2D eigenvalue weighted by molar-refractivity contribution is -0.121. The van der Waals surface area contributed by atoms with Crippen molar-refractivity contribution in [2.75, 3.05) is 6.54 Å². The zero-order chi connectivity index (χ0) is 17.5. The van der Waals surface area contributed by atoms with Crippen molar-refractivity contribution in [3.63, 3.8) is 0 Å². The fourth-order valence-corrected chi connectivity index (χ4v) is 2.22. The van der Waals surface area contributed by atoms with Crippen LogP contribution in [0.2, 0.25) is 5.02 Å². The normalized spacial score (nSPS) is 10.1. The predicted molar refractivity (Wildman–Crippen MR) is 92.5 cm³/mol. The van der Waals surface area contributed by atoms with E-state index in [2.05, 4.69) is 37.1 Å². The van der Waals surface area contributed by atoms with Gasteiger partial charge in [0.2, 0.25) is 5.91 Å². The summed E-state index contributed by atoms with van der Waals surface area (Å²) in [5.41, 5.74) is 5.29. The van der Waals surface area contributed by atoms with Crippen molar-refractivity contribution >= 4 is 45.3 Å². The van der Waals surface area contributed by atoms with E-state index >= 15 is 0 Å². The zero-order valence-corrected chi connectivity index (χ0v) is 14.7. The number of H-pyrrole nitrogens is 1. The number of carbonyl (C=O) groups is 3. The minimum atomic E-state index is -0.473. The highest BCUT2D eigenvalue weighted by Gasteiger charge is 2.10. The number of aromatic nitrogens is 1. The molecule has 0 atom stereocenters.